The maximum atomic E-state index is 13.8. The molecule has 0 saturated carbocycles. The molecule has 1 heterocycles. The molecule has 0 spiro atoms. The molecule has 0 bridgehead atoms. The molecule has 0 unspecified atom stereocenters. The van der Waals surface area contributed by atoms with Crippen molar-refractivity contribution in [1.29, 1.82) is 0 Å². The molecular weight excluding hydrogens is 446 g/mol. The summed E-state index contributed by atoms with van der Waals surface area (Å²) in [4.78, 5) is 40.0. The number of anilines is 2. The topological polar surface area (TPSA) is 150 Å². The van der Waals surface area contributed by atoms with Gasteiger partial charge in [0.2, 0.25) is 5.91 Å². The number of nitrogens with two attached hydrogens (primary N) is 2. The molecule has 0 fully saturated rings. The first-order valence-corrected chi connectivity index (χ1v) is 11.1. The average molecular weight is 478 g/mol. The Bertz CT molecular complexity index is 1030. The molecule has 1 atom stereocenters. The van der Waals surface area contributed by atoms with Gasteiger partial charge in [0.1, 0.15) is 10.9 Å². The minimum absolute atomic E-state index is 0.0169. The minimum Gasteiger partial charge on any atom is -0.493 e. The van der Waals surface area contributed by atoms with Crippen LogP contribution in [0, 0.1) is 0 Å². The molecule has 0 aliphatic carbocycles. The zero-order valence-electron chi connectivity index (χ0n) is 19.7. The number of amides is 3. The highest BCUT2D eigenvalue weighted by atomic mass is 32.1. The van der Waals surface area contributed by atoms with Gasteiger partial charge in [-0.3, -0.25) is 19.3 Å². The van der Waals surface area contributed by atoms with Gasteiger partial charge in [-0.05, 0) is 50.9 Å². The lowest BCUT2D eigenvalue weighted by Gasteiger charge is -2.33. The van der Waals surface area contributed by atoms with E-state index < -0.39 is 23.4 Å². The van der Waals surface area contributed by atoms with Crippen molar-refractivity contribution in [1.82, 2.24) is 9.69 Å². The van der Waals surface area contributed by atoms with E-state index in [-0.39, 0.29) is 22.2 Å². The van der Waals surface area contributed by atoms with Crippen LogP contribution in [-0.2, 0) is 4.79 Å². The smallest absolute Gasteiger partial charge is 0.272 e. The minimum atomic E-state index is -0.863. The van der Waals surface area contributed by atoms with Gasteiger partial charge in [-0.2, -0.15) is 4.37 Å². The van der Waals surface area contributed by atoms with Crippen molar-refractivity contribution in [3.05, 3.63) is 28.8 Å². The molecule has 0 aliphatic rings. The molecule has 0 radical (unpaired) electrons. The summed E-state index contributed by atoms with van der Waals surface area (Å²) >= 11 is 0.759. The largest absolute Gasteiger partial charge is 0.493 e. The summed E-state index contributed by atoms with van der Waals surface area (Å²) in [5.74, 6) is -0.892. The van der Waals surface area contributed by atoms with Crippen LogP contribution in [0.4, 0.5) is 11.4 Å². The highest BCUT2D eigenvalue weighted by molar-refractivity contribution is 7.09. The third-order valence-corrected chi connectivity index (χ3v) is 5.55. The van der Waals surface area contributed by atoms with Crippen molar-refractivity contribution < 1.29 is 23.9 Å². The van der Waals surface area contributed by atoms with Crippen LogP contribution in [0.1, 0.15) is 60.7 Å². The lowest BCUT2D eigenvalue weighted by molar-refractivity contribution is -0.123. The van der Waals surface area contributed by atoms with Crippen LogP contribution in [-0.4, -0.2) is 47.9 Å². The first-order valence-electron chi connectivity index (χ1n) is 10.4. The van der Waals surface area contributed by atoms with Gasteiger partial charge < -0.3 is 26.3 Å². The number of benzene rings is 1. The van der Waals surface area contributed by atoms with Gasteiger partial charge in [-0.25, -0.2) is 0 Å². The van der Waals surface area contributed by atoms with Crippen molar-refractivity contribution in [3.8, 4) is 11.5 Å². The Morgan fingerprint density at radius 2 is 1.82 bits per heavy atom. The molecule has 3 amide bonds. The van der Waals surface area contributed by atoms with Crippen molar-refractivity contribution in [2.45, 2.75) is 52.1 Å². The highest BCUT2D eigenvalue weighted by Crippen LogP contribution is 2.35. The van der Waals surface area contributed by atoms with Crippen LogP contribution < -0.4 is 31.2 Å². The first-order chi connectivity index (χ1) is 15.4. The Labute approximate surface area is 197 Å². The van der Waals surface area contributed by atoms with Gasteiger partial charge in [-0.1, -0.05) is 13.3 Å². The van der Waals surface area contributed by atoms with Gasteiger partial charge in [-0.15, -0.1) is 0 Å². The monoisotopic (exact) mass is 477 g/mol. The number of ether oxygens (including phenoxy) is 2. The lowest BCUT2D eigenvalue weighted by Crippen LogP contribution is -2.54. The van der Waals surface area contributed by atoms with E-state index in [1.54, 1.807) is 18.2 Å². The molecule has 2 aromatic rings. The number of nitrogens with one attached hydrogen (secondary N) is 1. The van der Waals surface area contributed by atoms with E-state index in [9.17, 15) is 14.4 Å². The van der Waals surface area contributed by atoms with Crippen LogP contribution in [0.25, 0.3) is 0 Å². The summed E-state index contributed by atoms with van der Waals surface area (Å²) in [6, 6.07) is 4.04. The summed E-state index contributed by atoms with van der Waals surface area (Å²) in [5, 5.41) is 2.94. The van der Waals surface area contributed by atoms with Gasteiger partial charge in [0.05, 0.1) is 19.9 Å². The number of hydrogen-bond acceptors (Lipinski definition) is 8. The third kappa shape index (κ3) is 5.92. The molecule has 5 N–H and O–H groups in total. The maximum absolute atomic E-state index is 13.8. The molecule has 1 aromatic carbocycles. The molecular formula is C22H31N5O5S. The fraction of sp³-hybridized carbons (Fsp3) is 0.455. The molecule has 33 heavy (non-hydrogen) atoms. The summed E-state index contributed by atoms with van der Waals surface area (Å²) in [7, 11) is 2.98. The maximum Gasteiger partial charge on any atom is 0.272 e. The van der Waals surface area contributed by atoms with Crippen molar-refractivity contribution in [3.63, 3.8) is 0 Å². The summed E-state index contributed by atoms with van der Waals surface area (Å²) in [6.45, 7) is 7.49. The second kappa shape index (κ2) is 10.5. The number of nitrogens with zero attached hydrogens (tertiary/aromatic N) is 2. The van der Waals surface area contributed by atoms with E-state index >= 15 is 0 Å². The predicted molar refractivity (Wildman–Crippen MR) is 128 cm³/mol. The Morgan fingerprint density at radius 3 is 2.30 bits per heavy atom. The fourth-order valence-corrected chi connectivity index (χ4v) is 4.00. The van der Waals surface area contributed by atoms with Gasteiger partial charge in [0, 0.05) is 17.3 Å². The van der Waals surface area contributed by atoms with E-state index in [4.69, 9.17) is 20.9 Å². The van der Waals surface area contributed by atoms with E-state index in [0.29, 0.717) is 30.0 Å². The second-order valence-electron chi connectivity index (χ2n) is 8.40. The van der Waals surface area contributed by atoms with Crippen LogP contribution in [0.3, 0.4) is 0 Å². The Morgan fingerprint density at radius 1 is 1.18 bits per heavy atom. The zero-order valence-corrected chi connectivity index (χ0v) is 20.5. The van der Waals surface area contributed by atoms with Gasteiger partial charge >= 0.3 is 0 Å². The van der Waals surface area contributed by atoms with Gasteiger partial charge in [0.15, 0.2) is 17.2 Å². The predicted octanol–water partition coefficient (Wildman–Crippen LogP) is 2.57. The van der Waals surface area contributed by atoms with Crippen LogP contribution >= 0.6 is 11.5 Å². The van der Waals surface area contributed by atoms with Crippen molar-refractivity contribution in [2.24, 2.45) is 5.73 Å². The van der Waals surface area contributed by atoms with Crippen LogP contribution in [0.5, 0.6) is 11.5 Å². The summed E-state index contributed by atoms with van der Waals surface area (Å²) < 4.78 is 14.6. The molecule has 1 aromatic heterocycles. The van der Waals surface area contributed by atoms with E-state index in [1.807, 2.05) is 27.7 Å². The Kier molecular flexibility index (Phi) is 8.26. The Balaban J connectivity index is 2.68. The SMILES string of the molecule is CCC[C@H](C(=O)NC(C)(C)C)N(C(=O)c1snc(C(N)=O)c1N)c1ccc(OC)c(OC)c1. The first kappa shape index (κ1) is 25.9. The number of primary amides is 1. The molecule has 11 heteroatoms. The second-order valence-corrected chi connectivity index (χ2v) is 9.17. The Hall–Kier alpha value is -3.34. The number of aromatic nitrogens is 1. The molecule has 0 aliphatic heterocycles. The van der Waals surface area contributed by atoms with Crippen LogP contribution in [0.2, 0.25) is 0 Å². The van der Waals surface area contributed by atoms with Gasteiger partial charge in [0.25, 0.3) is 11.8 Å². The standard InChI is InChI=1S/C22H31N5O5S/c1-7-8-13(20(29)25-22(2,3)4)27(12-9-10-14(31-5)15(11-12)32-6)21(30)18-16(23)17(19(24)28)26-33-18/h9-11,13H,7-8,23H2,1-6H3,(H2,24,28)(H,25,29)/t13-/m1/s1. The molecule has 180 valence electrons. The molecule has 2 rings (SSSR count). The summed E-state index contributed by atoms with van der Waals surface area (Å²) in [5.41, 5.74) is 10.9. The number of carbonyl (C=O) groups is 3. The summed E-state index contributed by atoms with van der Waals surface area (Å²) in [6.07, 6.45) is 1.01. The van der Waals surface area contributed by atoms with E-state index in [0.717, 1.165) is 11.5 Å². The number of carbonyl (C=O) groups excluding carboxylic acids is 3. The van der Waals surface area contributed by atoms with Crippen LogP contribution in [0.15, 0.2) is 18.2 Å². The van der Waals surface area contributed by atoms with Crippen molar-refractivity contribution in [2.75, 3.05) is 24.9 Å². The zero-order chi connectivity index (χ0) is 24.9. The third-order valence-electron chi connectivity index (χ3n) is 4.69. The average Bonchev–Trinajstić information content (AvgIpc) is 3.13. The quantitative estimate of drug-likeness (QED) is 0.502. The molecule has 0 saturated heterocycles. The normalized spacial score (nSPS) is 12.1. The van der Waals surface area contributed by atoms with E-state index in [1.165, 1.54) is 19.1 Å². The fourth-order valence-electron chi connectivity index (χ4n) is 3.26. The number of rotatable bonds is 9. The van der Waals surface area contributed by atoms with E-state index in [2.05, 4.69) is 9.69 Å². The highest BCUT2D eigenvalue weighted by Gasteiger charge is 2.35. The molecule has 10 nitrogen and oxygen atoms in total. The number of methoxy groups -OCH3 is 2. The van der Waals surface area contributed by atoms with Crippen molar-refractivity contribution >= 4 is 40.6 Å². The lowest BCUT2D eigenvalue weighted by atomic mass is 10.0. The number of nitrogen functional groups attached to an aromatic ring is 1. The number of hydrogen-bond donors (Lipinski definition) is 3.